The number of aromatic nitrogens is 4. The van der Waals surface area contributed by atoms with Crippen molar-refractivity contribution in [2.24, 2.45) is 0 Å². The Kier molecular flexibility index (Phi) is 4.63. The fourth-order valence-corrected chi connectivity index (χ4v) is 3.75. The summed E-state index contributed by atoms with van der Waals surface area (Å²) in [4.78, 5) is 13.0. The molecule has 0 unspecified atom stereocenters. The third kappa shape index (κ3) is 3.19. The molecule has 1 fully saturated rings. The maximum atomic E-state index is 13.0. The van der Waals surface area contributed by atoms with E-state index in [1.807, 2.05) is 19.1 Å². The van der Waals surface area contributed by atoms with Gasteiger partial charge in [-0.2, -0.15) is 4.68 Å². The van der Waals surface area contributed by atoms with Crippen LogP contribution >= 0.6 is 11.6 Å². The molecule has 2 aromatic rings. The first-order valence-corrected chi connectivity index (χ1v) is 9.23. The van der Waals surface area contributed by atoms with E-state index in [2.05, 4.69) is 20.8 Å². The summed E-state index contributed by atoms with van der Waals surface area (Å²) in [6, 6.07) is 6.90. The minimum atomic E-state index is -0.449. The quantitative estimate of drug-likeness (QED) is 0.829. The molecule has 8 heteroatoms. The van der Waals surface area contributed by atoms with Gasteiger partial charge in [0.2, 0.25) is 5.95 Å². The first-order chi connectivity index (χ1) is 12.6. The standard InChI is InChI=1S/C18H20ClN5O2/c1-11-15(17(25)26-14-5-3-2-4-6-14)16(12-7-9-13(19)10-8-12)24-18(20-11)21-22-23-24/h7-10,14,16H,2-6H2,1H3,(H,20,21,23)/t16-/m0/s1. The van der Waals surface area contributed by atoms with Crippen LogP contribution in [0.5, 0.6) is 0 Å². The van der Waals surface area contributed by atoms with Gasteiger partial charge < -0.3 is 10.1 Å². The van der Waals surface area contributed by atoms with E-state index in [4.69, 9.17) is 16.3 Å². The summed E-state index contributed by atoms with van der Waals surface area (Å²) < 4.78 is 7.43. The lowest BCUT2D eigenvalue weighted by Gasteiger charge is -2.29. The van der Waals surface area contributed by atoms with E-state index < -0.39 is 6.04 Å². The van der Waals surface area contributed by atoms with Gasteiger partial charge in [-0.3, -0.25) is 0 Å². The van der Waals surface area contributed by atoms with Crippen molar-refractivity contribution in [2.75, 3.05) is 5.32 Å². The summed E-state index contributed by atoms with van der Waals surface area (Å²) in [5, 5.41) is 15.5. The number of esters is 1. The summed E-state index contributed by atoms with van der Waals surface area (Å²) in [5.74, 6) is 0.180. The smallest absolute Gasteiger partial charge is 0.338 e. The van der Waals surface area contributed by atoms with Gasteiger partial charge in [0.15, 0.2) is 0 Å². The lowest BCUT2D eigenvalue weighted by Crippen LogP contribution is -2.32. The first-order valence-electron chi connectivity index (χ1n) is 8.85. The van der Waals surface area contributed by atoms with Crippen LogP contribution in [0.2, 0.25) is 5.02 Å². The van der Waals surface area contributed by atoms with Crippen LogP contribution < -0.4 is 5.32 Å². The molecule has 1 N–H and O–H groups in total. The second kappa shape index (κ2) is 7.07. The van der Waals surface area contributed by atoms with Crippen molar-refractivity contribution in [1.82, 2.24) is 20.2 Å². The molecule has 0 bridgehead atoms. The van der Waals surface area contributed by atoms with Crippen LogP contribution in [0.15, 0.2) is 35.5 Å². The lowest BCUT2D eigenvalue weighted by atomic mass is 9.95. The third-order valence-corrected chi connectivity index (χ3v) is 5.20. The Labute approximate surface area is 156 Å². The third-order valence-electron chi connectivity index (χ3n) is 4.95. The van der Waals surface area contributed by atoms with E-state index in [0.717, 1.165) is 31.2 Å². The zero-order valence-electron chi connectivity index (χ0n) is 14.5. The molecular weight excluding hydrogens is 354 g/mol. The van der Waals surface area contributed by atoms with Crippen LogP contribution in [0.3, 0.4) is 0 Å². The first kappa shape index (κ1) is 17.0. The minimum absolute atomic E-state index is 0.0160. The number of anilines is 1. The number of fused-ring (bicyclic) bond motifs is 1. The number of ether oxygens (including phenoxy) is 1. The van der Waals surface area contributed by atoms with Crippen LogP contribution in [-0.4, -0.2) is 32.3 Å². The number of carbonyl (C=O) groups is 1. The van der Waals surface area contributed by atoms with Crippen molar-refractivity contribution in [3.63, 3.8) is 0 Å². The van der Waals surface area contributed by atoms with Crippen molar-refractivity contribution >= 4 is 23.5 Å². The SMILES string of the molecule is CC1=C(C(=O)OC2CCCCC2)[C@H](c2ccc(Cl)cc2)n2nnnc2N1. The number of nitrogens with zero attached hydrogens (tertiary/aromatic N) is 4. The van der Waals surface area contributed by atoms with E-state index in [1.165, 1.54) is 6.42 Å². The number of carbonyl (C=O) groups excluding carboxylic acids is 1. The van der Waals surface area contributed by atoms with Gasteiger partial charge in [-0.25, -0.2) is 4.79 Å². The van der Waals surface area contributed by atoms with Crippen LogP contribution in [0.4, 0.5) is 5.95 Å². The Morgan fingerprint density at radius 1 is 1.23 bits per heavy atom. The molecule has 1 aliphatic heterocycles. The fourth-order valence-electron chi connectivity index (χ4n) is 3.63. The molecule has 4 rings (SSSR count). The maximum absolute atomic E-state index is 13.0. The van der Waals surface area contributed by atoms with Crippen LogP contribution in [-0.2, 0) is 9.53 Å². The van der Waals surface area contributed by atoms with Crippen LogP contribution in [0.1, 0.15) is 50.6 Å². The van der Waals surface area contributed by atoms with Gasteiger partial charge in [0.05, 0.1) is 5.57 Å². The Balaban J connectivity index is 1.69. The van der Waals surface area contributed by atoms with Gasteiger partial charge in [-0.1, -0.05) is 35.3 Å². The van der Waals surface area contributed by atoms with Crippen molar-refractivity contribution < 1.29 is 9.53 Å². The number of halogens is 1. The van der Waals surface area contributed by atoms with E-state index in [-0.39, 0.29) is 12.1 Å². The summed E-state index contributed by atoms with van der Waals surface area (Å²) >= 11 is 6.02. The molecule has 1 aromatic heterocycles. The molecular formula is C18H20ClN5O2. The predicted octanol–water partition coefficient (Wildman–Crippen LogP) is 3.49. The predicted molar refractivity (Wildman–Crippen MR) is 96.7 cm³/mol. The largest absolute Gasteiger partial charge is 0.459 e. The fraction of sp³-hybridized carbons (Fsp3) is 0.444. The number of hydrogen-bond donors (Lipinski definition) is 1. The average molecular weight is 374 g/mol. The Bertz CT molecular complexity index is 840. The van der Waals surface area contributed by atoms with E-state index in [0.29, 0.717) is 22.2 Å². The van der Waals surface area contributed by atoms with Gasteiger partial charge in [0.25, 0.3) is 0 Å². The molecule has 1 saturated carbocycles. The highest BCUT2D eigenvalue weighted by atomic mass is 35.5. The normalized spacial score (nSPS) is 20.5. The Hall–Kier alpha value is -2.41. The van der Waals surface area contributed by atoms with Crippen LogP contribution in [0.25, 0.3) is 0 Å². The van der Waals surface area contributed by atoms with E-state index in [1.54, 1.807) is 16.8 Å². The zero-order chi connectivity index (χ0) is 18.1. The number of allylic oxidation sites excluding steroid dienone is 1. The van der Waals surface area contributed by atoms with Gasteiger partial charge in [0.1, 0.15) is 12.1 Å². The second-order valence-electron chi connectivity index (χ2n) is 6.73. The monoisotopic (exact) mass is 373 g/mol. The van der Waals surface area contributed by atoms with Gasteiger partial charge in [-0.05, 0) is 60.7 Å². The molecule has 1 atom stereocenters. The molecule has 0 amide bonds. The molecule has 0 spiro atoms. The highest BCUT2D eigenvalue weighted by molar-refractivity contribution is 6.30. The molecule has 2 aliphatic rings. The highest BCUT2D eigenvalue weighted by Gasteiger charge is 2.36. The summed E-state index contributed by atoms with van der Waals surface area (Å²) in [5.41, 5.74) is 2.10. The van der Waals surface area contributed by atoms with Crippen molar-refractivity contribution in [3.8, 4) is 0 Å². The molecule has 0 radical (unpaired) electrons. The molecule has 1 aromatic carbocycles. The maximum Gasteiger partial charge on any atom is 0.338 e. The molecule has 7 nitrogen and oxygen atoms in total. The Morgan fingerprint density at radius 2 is 1.96 bits per heavy atom. The molecule has 26 heavy (non-hydrogen) atoms. The van der Waals surface area contributed by atoms with Gasteiger partial charge in [-0.15, -0.1) is 0 Å². The number of rotatable bonds is 3. The molecule has 2 heterocycles. The number of tetrazole rings is 1. The highest BCUT2D eigenvalue weighted by Crippen LogP contribution is 2.36. The molecule has 136 valence electrons. The number of hydrogen-bond acceptors (Lipinski definition) is 6. The van der Waals surface area contributed by atoms with Gasteiger partial charge in [0, 0.05) is 10.7 Å². The number of benzene rings is 1. The topological polar surface area (TPSA) is 81.9 Å². The van der Waals surface area contributed by atoms with Crippen LogP contribution in [0, 0.1) is 0 Å². The zero-order valence-corrected chi connectivity index (χ0v) is 15.2. The van der Waals surface area contributed by atoms with Gasteiger partial charge >= 0.3 is 5.97 Å². The lowest BCUT2D eigenvalue weighted by molar-refractivity contribution is -0.146. The van der Waals surface area contributed by atoms with Crippen molar-refractivity contribution in [2.45, 2.75) is 51.2 Å². The minimum Gasteiger partial charge on any atom is -0.459 e. The summed E-state index contributed by atoms with van der Waals surface area (Å²) in [6.45, 7) is 1.85. The summed E-state index contributed by atoms with van der Waals surface area (Å²) in [7, 11) is 0. The van der Waals surface area contributed by atoms with E-state index in [9.17, 15) is 4.79 Å². The molecule has 0 saturated heterocycles. The van der Waals surface area contributed by atoms with Crippen molar-refractivity contribution in [1.29, 1.82) is 0 Å². The summed E-state index contributed by atoms with van der Waals surface area (Å²) in [6.07, 6.45) is 5.25. The average Bonchev–Trinajstić information content (AvgIpc) is 3.10. The second-order valence-corrected chi connectivity index (χ2v) is 7.17. The molecule has 1 aliphatic carbocycles. The Morgan fingerprint density at radius 3 is 2.69 bits per heavy atom. The number of nitrogens with one attached hydrogen (secondary N) is 1. The van der Waals surface area contributed by atoms with E-state index >= 15 is 0 Å². The van der Waals surface area contributed by atoms with Crippen molar-refractivity contribution in [3.05, 3.63) is 46.1 Å².